The Morgan fingerprint density at radius 1 is 1.44 bits per heavy atom. The van der Waals surface area contributed by atoms with Crippen LogP contribution in [-0.2, 0) is 4.79 Å². The van der Waals surface area contributed by atoms with Crippen LogP contribution in [0.4, 0.5) is 4.79 Å². The summed E-state index contributed by atoms with van der Waals surface area (Å²) in [4.78, 5) is 23.0. The van der Waals surface area contributed by atoms with Crippen LogP contribution in [0.15, 0.2) is 0 Å². The predicted molar refractivity (Wildman–Crippen MR) is 69.4 cm³/mol. The molecule has 0 spiro atoms. The fourth-order valence-corrected chi connectivity index (χ4v) is 2.27. The lowest BCUT2D eigenvalue weighted by Gasteiger charge is -2.33. The van der Waals surface area contributed by atoms with Crippen molar-refractivity contribution in [2.75, 3.05) is 0 Å². The number of hydrogen-bond acceptors (Lipinski definition) is 2. The normalized spacial score (nSPS) is 20.4. The summed E-state index contributed by atoms with van der Waals surface area (Å²) >= 11 is 0. The van der Waals surface area contributed by atoms with Crippen LogP contribution >= 0.6 is 0 Å². The molecule has 2 unspecified atom stereocenters. The second-order valence-corrected chi connectivity index (χ2v) is 5.47. The topological polar surface area (TPSA) is 78.4 Å². The molecule has 0 aromatic carbocycles. The molecular weight excluding hydrogens is 232 g/mol. The molecule has 1 aliphatic carbocycles. The van der Waals surface area contributed by atoms with Gasteiger partial charge in [0.25, 0.3) is 0 Å². The monoisotopic (exact) mass is 256 g/mol. The molecule has 18 heavy (non-hydrogen) atoms. The molecule has 0 aliphatic heterocycles. The molecule has 1 rings (SSSR count). The van der Waals surface area contributed by atoms with Gasteiger partial charge in [0.05, 0.1) is 0 Å². The molecule has 0 aromatic heterocycles. The molecule has 2 amide bonds. The number of hydrogen-bond donors (Lipinski definition) is 3. The zero-order valence-corrected chi connectivity index (χ0v) is 11.5. The molecule has 0 radical (unpaired) electrons. The first-order chi connectivity index (χ1) is 8.39. The number of rotatable bonds is 6. The van der Waals surface area contributed by atoms with E-state index in [2.05, 4.69) is 10.6 Å². The number of carbonyl (C=O) groups is 2. The summed E-state index contributed by atoms with van der Waals surface area (Å²) in [5.41, 5.74) is -1.18. The van der Waals surface area contributed by atoms with E-state index >= 15 is 0 Å². The molecule has 3 N–H and O–H groups in total. The third kappa shape index (κ3) is 3.62. The largest absolute Gasteiger partial charge is 0.480 e. The van der Waals surface area contributed by atoms with E-state index < -0.39 is 11.5 Å². The molecule has 0 bridgehead atoms. The van der Waals surface area contributed by atoms with Gasteiger partial charge in [0, 0.05) is 6.04 Å². The van der Waals surface area contributed by atoms with Gasteiger partial charge in [0.15, 0.2) is 0 Å². The van der Waals surface area contributed by atoms with Gasteiger partial charge in [-0.05, 0) is 39.0 Å². The molecule has 1 aliphatic rings. The number of aliphatic carboxylic acids is 1. The van der Waals surface area contributed by atoms with Crippen molar-refractivity contribution in [1.82, 2.24) is 10.6 Å². The van der Waals surface area contributed by atoms with Gasteiger partial charge in [-0.15, -0.1) is 0 Å². The molecule has 2 atom stereocenters. The maximum Gasteiger partial charge on any atom is 0.329 e. The van der Waals surface area contributed by atoms with Gasteiger partial charge in [0.2, 0.25) is 0 Å². The number of carbonyl (C=O) groups excluding carboxylic acids is 1. The Balaban J connectivity index is 2.47. The Morgan fingerprint density at radius 3 is 2.44 bits per heavy atom. The summed E-state index contributed by atoms with van der Waals surface area (Å²) in [5, 5.41) is 14.6. The lowest BCUT2D eigenvalue weighted by atomic mass is 9.80. The van der Waals surface area contributed by atoms with E-state index in [0.29, 0.717) is 18.8 Å². The average Bonchev–Trinajstić information content (AvgIpc) is 2.13. The summed E-state index contributed by atoms with van der Waals surface area (Å²) in [6.45, 7) is 5.42. The van der Waals surface area contributed by atoms with Gasteiger partial charge in [-0.2, -0.15) is 0 Å². The molecule has 0 heterocycles. The summed E-state index contributed by atoms with van der Waals surface area (Å²) in [5.74, 6) is -0.450. The fourth-order valence-electron chi connectivity index (χ4n) is 2.27. The van der Waals surface area contributed by atoms with E-state index in [1.807, 2.05) is 13.8 Å². The van der Waals surface area contributed by atoms with Crippen LogP contribution in [0.25, 0.3) is 0 Å². The summed E-state index contributed by atoms with van der Waals surface area (Å²) in [7, 11) is 0. The predicted octanol–water partition coefficient (Wildman–Crippen LogP) is 2.12. The van der Waals surface area contributed by atoms with Crippen LogP contribution in [0.2, 0.25) is 0 Å². The number of nitrogens with one attached hydrogen (secondary N) is 2. The number of carboxylic acids is 1. The lowest BCUT2D eigenvalue weighted by Crippen LogP contribution is -2.57. The van der Waals surface area contributed by atoms with Gasteiger partial charge in [-0.3, -0.25) is 0 Å². The number of amides is 2. The van der Waals surface area contributed by atoms with Crippen molar-refractivity contribution in [1.29, 1.82) is 0 Å². The van der Waals surface area contributed by atoms with Crippen molar-refractivity contribution < 1.29 is 14.7 Å². The molecule has 0 saturated heterocycles. The van der Waals surface area contributed by atoms with Crippen molar-refractivity contribution in [3.8, 4) is 0 Å². The Labute approximate surface area is 108 Å². The van der Waals surface area contributed by atoms with Gasteiger partial charge in [0.1, 0.15) is 5.54 Å². The van der Waals surface area contributed by atoms with Crippen molar-refractivity contribution >= 4 is 12.0 Å². The number of carboxylic acid groups (broad SMARTS) is 1. The van der Waals surface area contributed by atoms with E-state index in [1.54, 1.807) is 6.92 Å². The third-order valence-corrected chi connectivity index (χ3v) is 3.83. The smallest absolute Gasteiger partial charge is 0.329 e. The average molecular weight is 256 g/mol. The molecule has 104 valence electrons. The van der Waals surface area contributed by atoms with E-state index in [0.717, 1.165) is 12.8 Å². The van der Waals surface area contributed by atoms with Crippen LogP contribution < -0.4 is 10.6 Å². The van der Waals surface area contributed by atoms with Gasteiger partial charge < -0.3 is 15.7 Å². The SMILES string of the molecule is CCCC(C)(NC(=O)NC(C)C1CCC1)C(=O)O. The molecular formula is C13H24N2O3. The van der Waals surface area contributed by atoms with Crippen LogP contribution in [-0.4, -0.2) is 28.7 Å². The third-order valence-electron chi connectivity index (χ3n) is 3.83. The Hall–Kier alpha value is -1.26. The standard InChI is InChI=1S/C13H24N2O3/c1-4-8-13(3,11(16)17)15-12(18)14-9(2)10-6-5-7-10/h9-10H,4-8H2,1-3H3,(H,16,17)(H2,14,15,18). The molecule has 5 nitrogen and oxygen atoms in total. The van der Waals surface area contributed by atoms with Crippen LogP contribution in [0.1, 0.15) is 52.9 Å². The highest BCUT2D eigenvalue weighted by atomic mass is 16.4. The van der Waals surface area contributed by atoms with Crippen LogP contribution in [0.3, 0.4) is 0 Å². The van der Waals surface area contributed by atoms with Gasteiger partial charge in [-0.25, -0.2) is 9.59 Å². The van der Waals surface area contributed by atoms with E-state index in [1.165, 1.54) is 6.42 Å². The highest BCUT2D eigenvalue weighted by molar-refractivity contribution is 5.85. The minimum atomic E-state index is -1.18. The lowest BCUT2D eigenvalue weighted by molar-refractivity contribution is -0.144. The molecule has 1 fully saturated rings. The molecule has 0 aromatic rings. The van der Waals surface area contributed by atoms with Gasteiger partial charge >= 0.3 is 12.0 Å². The Bertz CT molecular complexity index is 315. The molecule has 1 saturated carbocycles. The minimum Gasteiger partial charge on any atom is -0.480 e. The molecule has 5 heteroatoms. The Morgan fingerprint density at radius 2 is 2.06 bits per heavy atom. The first kappa shape index (κ1) is 14.8. The highest BCUT2D eigenvalue weighted by Gasteiger charge is 2.34. The van der Waals surface area contributed by atoms with Crippen molar-refractivity contribution in [3.05, 3.63) is 0 Å². The van der Waals surface area contributed by atoms with E-state index in [9.17, 15) is 14.7 Å². The summed E-state index contributed by atoms with van der Waals surface area (Å²) in [6.07, 6.45) is 4.65. The maximum atomic E-state index is 11.8. The quantitative estimate of drug-likeness (QED) is 0.681. The first-order valence-corrected chi connectivity index (χ1v) is 6.71. The second-order valence-electron chi connectivity index (χ2n) is 5.47. The zero-order chi connectivity index (χ0) is 13.8. The summed E-state index contributed by atoms with van der Waals surface area (Å²) < 4.78 is 0. The first-order valence-electron chi connectivity index (χ1n) is 6.71. The fraction of sp³-hybridized carbons (Fsp3) is 0.846. The summed E-state index contributed by atoms with van der Waals surface area (Å²) in [6, 6.07) is -0.272. The van der Waals surface area contributed by atoms with Crippen LogP contribution in [0.5, 0.6) is 0 Å². The van der Waals surface area contributed by atoms with Crippen molar-refractivity contribution in [2.45, 2.75) is 64.5 Å². The highest BCUT2D eigenvalue weighted by Crippen LogP contribution is 2.29. The number of urea groups is 1. The maximum absolute atomic E-state index is 11.8. The van der Waals surface area contributed by atoms with Crippen molar-refractivity contribution in [2.24, 2.45) is 5.92 Å². The van der Waals surface area contributed by atoms with E-state index in [4.69, 9.17) is 0 Å². The minimum absolute atomic E-state index is 0.110. The van der Waals surface area contributed by atoms with Crippen LogP contribution in [0, 0.1) is 5.92 Å². The Kier molecular flexibility index (Phi) is 4.99. The van der Waals surface area contributed by atoms with Gasteiger partial charge in [-0.1, -0.05) is 19.8 Å². The van der Waals surface area contributed by atoms with E-state index in [-0.39, 0.29) is 12.1 Å². The second kappa shape index (κ2) is 6.07. The van der Waals surface area contributed by atoms with Crippen molar-refractivity contribution in [3.63, 3.8) is 0 Å². The zero-order valence-electron chi connectivity index (χ0n) is 11.5.